The molecule has 1 rings (SSSR count). The van der Waals surface area contributed by atoms with Crippen molar-refractivity contribution in [2.24, 2.45) is 5.73 Å². The summed E-state index contributed by atoms with van der Waals surface area (Å²) in [6, 6.07) is 4.81. The van der Waals surface area contributed by atoms with E-state index in [-0.39, 0.29) is 0 Å². The zero-order chi connectivity index (χ0) is 12.1. The van der Waals surface area contributed by atoms with Gasteiger partial charge in [-0.3, -0.25) is 14.4 Å². The minimum absolute atomic E-state index is 0.305. The molecule has 0 aromatic heterocycles. The predicted molar refractivity (Wildman–Crippen MR) is 56.4 cm³/mol. The largest absolute Gasteiger partial charge is 0.481 e. The van der Waals surface area contributed by atoms with Crippen molar-refractivity contribution in [3.05, 3.63) is 35.4 Å². The van der Waals surface area contributed by atoms with Crippen LogP contribution in [-0.4, -0.2) is 29.2 Å². The normalized spacial score (nSPS) is 11.8. The summed E-state index contributed by atoms with van der Waals surface area (Å²) in [6.45, 7) is 0. The summed E-state index contributed by atoms with van der Waals surface area (Å²) in [5.74, 6) is -1.56. The van der Waals surface area contributed by atoms with Gasteiger partial charge in [0.1, 0.15) is 6.29 Å². The van der Waals surface area contributed by atoms with Gasteiger partial charge in [0, 0.05) is 11.1 Å². The van der Waals surface area contributed by atoms with Gasteiger partial charge in [0.2, 0.25) is 0 Å². The first-order chi connectivity index (χ1) is 7.54. The Hall–Kier alpha value is -2.01. The van der Waals surface area contributed by atoms with Crippen LogP contribution in [0.3, 0.4) is 0 Å². The molecular formula is C11H11NO4. The molecule has 0 aliphatic rings. The van der Waals surface area contributed by atoms with Crippen molar-refractivity contribution in [3.63, 3.8) is 0 Å². The van der Waals surface area contributed by atoms with Crippen LogP contribution < -0.4 is 5.73 Å². The number of carboxylic acid groups (broad SMARTS) is 1. The van der Waals surface area contributed by atoms with Gasteiger partial charge < -0.3 is 10.8 Å². The molecule has 0 saturated carbocycles. The smallest absolute Gasteiger partial charge is 0.305 e. The van der Waals surface area contributed by atoms with Crippen molar-refractivity contribution in [2.45, 2.75) is 12.5 Å². The van der Waals surface area contributed by atoms with Gasteiger partial charge in [-0.1, -0.05) is 24.3 Å². The SMILES string of the molecule is N[C@@H](CC(=O)O)C(=O)c1ccc(C=O)cc1. The fraction of sp³-hybridized carbons (Fsp3) is 0.182. The molecular weight excluding hydrogens is 210 g/mol. The summed E-state index contributed by atoms with van der Waals surface area (Å²) in [6.07, 6.45) is 0.250. The van der Waals surface area contributed by atoms with Crippen LogP contribution in [0.4, 0.5) is 0 Å². The molecule has 3 N–H and O–H groups in total. The van der Waals surface area contributed by atoms with Crippen LogP contribution in [-0.2, 0) is 4.79 Å². The summed E-state index contributed by atoms with van der Waals surface area (Å²) in [7, 11) is 0. The van der Waals surface area contributed by atoms with Crippen molar-refractivity contribution >= 4 is 18.0 Å². The lowest BCUT2D eigenvalue weighted by atomic mass is 10.0. The summed E-state index contributed by atoms with van der Waals surface area (Å²) >= 11 is 0. The number of aliphatic carboxylic acids is 1. The van der Waals surface area contributed by atoms with Crippen LogP contribution in [0.5, 0.6) is 0 Å². The second-order valence-electron chi connectivity index (χ2n) is 3.31. The van der Waals surface area contributed by atoms with E-state index in [4.69, 9.17) is 10.8 Å². The molecule has 0 amide bonds. The number of carbonyl (C=O) groups is 3. The zero-order valence-electron chi connectivity index (χ0n) is 8.42. The average Bonchev–Trinajstić information content (AvgIpc) is 2.27. The molecule has 0 spiro atoms. The Morgan fingerprint density at radius 2 is 1.88 bits per heavy atom. The molecule has 84 valence electrons. The van der Waals surface area contributed by atoms with E-state index in [2.05, 4.69) is 0 Å². The van der Waals surface area contributed by atoms with E-state index in [1.807, 2.05) is 0 Å². The summed E-state index contributed by atoms with van der Waals surface area (Å²) < 4.78 is 0. The van der Waals surface area contributed by atoms with E-state index in [1.54, 1.807) is 0 Å². The van der Waals surface area contributed by atoms with Gasteiger partial charge in [-0.15, -0.1) is 0 Å². The summed E-state index contributed by atoms with van der Waals surface area (Å²) in [5, 5.41) is 8.48. The second kappa shape index (κ2) is 5.18. The monoisotopic (exact) mass is 221 g/mol. The van der Waals surface area contributed by atoms with Crippen molar-refractivity contribution in [3.8, 4) is 0 Å². The Bertz CT molecular complexity index is 410. The molecule has 0 unspecified atom stereocenters. The molecule has 0 aliphatic carbocycles. The summed E-state index contributed by atoms with van der Waals surface area (Å²) in [5.41, 5.74) is 6.17. The van der Waals surface area contributed by atoms with Crippen LogP contribution >= 0.6 is 0 Å². The number of Topliss-reactive ketones (excluding diaryl/α,β-unsaturated/α-hetero) is 1. The van der Waals surface area contributed by atoms with Crippen molar-refractivity contribution in [1.29, 1.82) is 0 Å². The van der Waals surface area contributed by atoms with Crippen LogP contribution in [0, 0.1) is 0 Å². The highest BCUT2D eigenvalue weighted by atomic mass is 16.4. The Labute approximate surface area is 91.9 Å². The molecule has 1 aromatic carbocycles. The number of carbonyl (C=O) groups excluding carboxylic acids is 2. The minimum Gasteiger partial charge on any atom is -0.481 e. The lowest BCUT2D eigenvalue weighted by molar-refractivity contribution is -0.137. The predicted octanol–water partition coefficient (Wildman–Crippen LogP) is 0.484. The lowest BCUT2D eigenvalue weighted by Gasteiger charge is -2.07. The first-order valence-electron chi connectivity index (χ1n) is 4.61. The van der Waals surface area contributed by atoms with Gasteiger partial charge in [-0.2, -0.15) is 0 Å². The van der Waals surface area contributed by atoms with Crippen molar-refractivity contribution in [2.75, 3.05) is 0 Å². The number of ketones is 1. The fourth-order valence-electron chi connectivity index (χ4n) is 1.22. The standard InChI is InChI=1S/C11H11NO4/c12-9(5-10(14)15)11(16)8-3-1-7(6-13)2-4-8/h1-4,6,9H,5,12H2,(H,14,15)/t9-/m0/s1. The number of hydrogen-bond acceptors (Lipinski definition) is 4. The number of benzene rings is 1. The molecule has 1 atom stereocenters. The quantitative estimate of drug-likeness (QED) is 0.556. The number of nitrogens with two attached hydrogens (primary N) is 1. The number of hydrogen-bond donors (Lipinski definition) is 2. The van der Waals surface area contributed by atoms with Gasteiger partial charge in [-0.25, -0.2) is 0 Å². The van der Waals surface area contributed by atoms with Gasteiger partial charge in [-0.05, 0) is 0 Å². The molecule has 0 saturated heterocycles. The van der Waals surface area contributed by atoms with Crippen LogP contribution in [0.25, 0.3) is 0 Å². The van der Waals surface area contributed by atoms with Crippen LogP contribution in [0.2, 0.25) is 0 Å². The molecule has 1 aromatic rings. The molecule has 0 bridgehead atoms. The maximum absolute atomic E-state index is 11.6. The maximum Gasteiger partial charge on any atom is 0.305 e. The number of carboxylic acids is 1. The second-order valence-corrected chi connectivity index (χ2v) is 3.31. The van der Waals surface area contributed by atoms with Gasteiger partial charge in [0.05, 0.1) is 12.5 Å². The van der Waals surface area contributed by atoms with Gasteiger partial charge in [0.25, 0.3) is 0 Å². The molecule has 0 heterocycles. The van der Waals surface area contributed by atoms with Crippen LogP contribution in [0.15, 0.2) is 24.3 Å². The molecule has 0 aliphatic heterocycles. The highest BCUT2D eigenvalue weighted by Crippen LogP contribution is 2.06. The maximum atomic E-state index is 11.6. The Kier molecular flexibility index (Phi) is 3.90. The third-order valence-corrected chi connectivity index (χ3v) is 2.06. The molecule has 0 fully saturated rings. The molecule has 5 heteroatoms. The zero-order valence-corrected chi connectivity index (χ0v) is 8.42. The van der Waals surface area contributed by atoms with E-state index in [1.165, 1.54) is 24.3 Å². The van der Waals surface area contributed by atoms with Crippen LogP contribution in [0.1, 0.15) is 27.1 Å². The number of aldehydes is 1. The third-order valence-electron chi connectivity index (χ3n) is 2.06. The van der Waals surface area contributed by atoms with E-state index in [0.717, 1.165) is 0 Å². The van der Waals surface area contributed by atoms with Gasteiger partial charge in [0.15, 0.2) is 5.78 Å². The molecule has 0 radical (unpaired) electrons. The van der Waals surface area contributed by atoms with E-state index >= 15 is 0 Å². The van der Waals surface area contributed by atoms with E-state index < -0.39 is 24.2 Å². The Morgan fingerprint density at radius 1 is 1.31 bits per heavy atom. The Balaban J connectivity index is 2.79. The number of rotatable bonds is 5. The summed E-state index contributed by atoms with van der Waals surface area (Å²) in [4.78, 5) is 32.4. The average molecular weight is 221 g/mol. The Morgan fingerprint density at radius 3 is 2.31 bits per heavy atom. The fourth-order valence-corrected chi connectivity index (χ4v) is 1.22. The highest BCUT2D eigenvalue weighted by molar-refractivity contribution is 6.01. The molecule has 16 heavy (non-hydrogen) atoms. The topological polar surface area (TPSA) is 97.5 Å². The van der Waals surface area contributed by atoms with E-state index in [0.29, 0.717) is 17.4 Å². The van der Waals surface area contributed by atoms with Gasteiger partial charge >= 0.3 is 5.97 Å². The van der Waals surface area contributed by atoms with E-state index in [9.17, 15) is 14.4 Å². The first-order valence-corrected chi connectivity index (χ1v) is 4.61. The highest BCUT2D eigenvalue weighted by Gasteiger charge is 2.18. The lowest BCUT2D eigenvalue weighted by Crippen LogP contribution is -2.32. The molecule has 5 nitrogen and oxygen atoms in total. The van der Waals surface area contributed by atoms with Crippen molar-refractivity contribution in [1.82, 2.24) is 0 Å². The minimum atomic E-state index is -1.12. The van der Waals surface area contributed by atoms with Crippen molar-refractivity contribution < 1.29 is 19.5 Å². The first kappa shape index (κ1) is 12.1. The third kappa shape index (κ3) is 2.99.